The minimum Gasteiger partial charge on any atom is -0.349 e. The fraction of sp³-hybridized carbons (Fsp3) is 0.367. The van der Waals surface area contributed by atoms with Gasteiger partial charge in [0.15, 0.2) is 10.9 Å². The number of carbonyl (C=O) groups excluding carboxylic acids is 2. The maximum absolute atomic E-state index is 13.7. The van der Waals surface area contributed by atoms with E-state index < -0.39 is 0 Å². The molecule has 0 saturated carbocycles. The Morgan fingerprint density at radius 1 is 1.08 bits per heavy atom. The number of nitrogens with one attached hydrogen (secondary N) is 2. The number of Topliss-reactive ketones (excluding diaryl/α,β-unsaturated/α-hetero) is 1. The number of benzene rings is 3. The molecule has 38 heavy (non-hydrogen) atoms. The van der Waals surface area contributed by atoms with Crippen molar-refractivity contribution in [1.82, 2.24) is 15.1 Å². The summed E-state index contributed by atoms with van der Waals surface area (Å²) < 4.78 is 0. The summed E-state index contributed by atoms with van der Waals surface area (Å²) in [5, 5.41) is 10.1. The number of ketones is 1. The summed E-state index contributed by atoms with van der Waals surface area (Å²) in [5.41, 5.74) is 2.23. The number of amides is 1. The lowest BCUT2D eigenvalue weighted by atomic mass is 9.95. The Morgan fingerprint density at radius 2 is 1.84 bits per heavy atom. The fourth-order valence-corrected chi connectivity index (χ4v) is 6.33. The molecule has 2 N–H and O–H groups in total. The second-order valence-corrected chi connectivity index (χ2v) is 11.5. The van der Waals surface area contributed by atoms with Crippen LogP contribution in [0, 0.1) is 0 Å². The Bertz CT molecular complexity index is 1350. The van der Waals surface area contributed by atoms with E-state index >= 15 is 0 Å². The maximum atomic E-state index is 13.7. The van der Waals surface area contributed by atoms with Crippen molar-refractivity contribution in [3.63, 3.8) is 0 Å². The van der Waals surface area contributed by atoms with E-state index in [1.54, 1.807) is 18.7 Å². The number of thioether (sulfide) groups is 1. The summed E-state index contributed by atoms with van der Waals surface area (Å²) in [5.74, 6) is 1.17. The number of piperidine rings is 1. The van der Waals surface area contributed by atoms with Crippen molar-refractivity contribution in [2.24, 2.45) is 0 Å². The van der Waals surface area contributed by atoms with Gasteiger partial charge in [-0.05, 0) is 72.1 Å². The van der Waals surface area contributed by atoms with Gasteiger partial charge in [-0.2, -0.15) is 11.8 Å². The van der Waals surface area contributed by atoms with Gasteiger partial charge >= 0.3 is 0 Å². The number of hydrogen-bond acceptors (Lipinski definition) is 5. The molecule has 6 nitrogen and oxygen atoms in total. The van der Waals surface area contributed by atoms with Crippen molar-refractivity contribution in [2.45, 2.75) is 44.4 Å². The zero-order chi connectivity index (χ0) is 26.7. The zero-order valence-corrected chi connectivity index (χ0v) is 23.5. The molecule has 0 radical (unpaired) electrons. The predicted octanol–water partition coefficient (Wildman–Crippen LogP) is 5.29. The van der Waals surface area contributed by atoms with Crippen molar-refractivity contribution in [1.29, 1.82) is 0 Å². The van der Waals surface area contributed by atoms with Crippen LogP contribution >= 0.6 is 24.0 Å². The van der Waals surface area contributed by atoms with Crippen LogP contribution in [0.5, 0.6) is 0 Å². The molecule has 2 saturated heterocycles. The van der Waals surface area contributed by atoms with Crippen LogP contribution in [0.2, 0.25) is 0 Å². The van der Waals surface area contributed by atoms with Crippen LogP contribution < -0.4 is 10.6 Å². The largest absolute Gasteiger partial charge is 0.349 e. The van der Waals surface area contributed by atoms with Crippen molar-refractivity contribution in [3.05, 3.63) is 77.9 Å². The van der Waals surface area contributed by atoms with Crippen LogP contribution in [0.25, 0.3) is 10.8 Å². The molecule has 1 unspecified atom stereocenters. The Labute approximate surface area is 234 Å². The topological polar surface area (TPSA) is 64.7 Å². The average Bonchev–Trinajstić information content (AvgIpc) is 3.17. The van der Waals surface area contributed by atoms with Gasteiger partial charge in [-0.25, -0.2) is 0 Å². The van der Waals surface area contributed by atoms with Crippen LogP contribution in [0.15, 0.2) is 66.7 Å². The molecule has 198 valence electrons. The Balaban J connectivity index is 1.31. The van der Waals surface area contributed by atoms with Crippen LogP contribution in [0.3, 0.4) is 0 Å². The smallest absolute Gasteiger partial charge is 0.241 e. The van der Waals surface area contributed by atoms with E-state index in [-0.39, 0.29) is 23.4 Å². The molecule has 2 aliphatic rings. The lowest BCUT2D eigenvalue weighted by molar-refractivity contribution is -0.134. The molecule has 0 aliphatic carbocycles. The first kappa shape index (κ1) is 26.7. The molecule has 1 amide bonds. The molecule has 2 aliphatic heterocycles. The van der Waals surface area contributed by atoms with Gasteiger partial charge in [-0.1, -0.05) is 48.5 Å². The molecule has 0 bridgehead atoms. The molecule has 3 aromatic carbocycles. The molecule has 2 fully saturated rings. The number of hydrogen-bond donors (Lipinski definition) is 2. The number of rotatable bonds is 7. The molecular formula is C30H34N4O2S2. The number of thiocarbonyl (C=S) groups is 1. The first-order valence-corrected chi connectivity index (χ1v) is 14.9. The van der Waals surface area contributed by atoms with E-state index in [2.05, 4.69) is 63.1 Å². The van der Waals surface area contributed by atoms with Crippen LogP contribution in [0.4, 0.5) is 5.69 Å². The number of anilines is 1. The summed E-state index contributed by atoms with van der Waals surface area (Å²) in [6, 6.07) is 22.1. The van der Waals surface area contributed by atoms with Gasteiger partial charge in [0.2, 0.25) is 5.91 Å². The standard InChI is InChI=1S/C30H34N4O2S2/c1-21(35)24-8-5-9-26(19-24)31-29(37)33-15-13-30(14-16-33)32-27(12-17-38-2)28(36)34(30)20-22-10-11-23-6-3-4-7-25(23)18-22/h3-11,18-19,27,32H,12-17,20H2,1-2H3,(H,31,37). The number of fused-ring (bicyclic) bond motifs is 1. The van der Waals surface area contributed by atoms with Crippen molar-refractivity contribution < 1.29 is 9.59 Å². The maximum Gasteiger partial charge on any atom is 0.241 e. The molecule has 8 heteroatoms. The highest BCUT2D eigenvalue weighted by Crippen LogP contribution is 2.35. The van der Waals surface area contributed by atoms with Crippen molar-refractivity contribution in [2.75, 3.05) is 30.4 Å². The van der Waals surface area contributed by atoms with E-state index in [1.807, 2.05) is 30.3 Å². The Morgan fingerprint density at radius 3 is 2.58 bits per heavy atom. The molecule has 5 rings (SSSR count). The lowest BCUT2D eigenvalue weighted by Crippen LogP contribution is -2.59. The molecule has 1 atom stereocenters. The van der Waals surface area contributed by atoms with E-state index in [1.165, 1.54) is 10.8 Å². The summed E-state index contributed by atoms with van der Waals surface area (Å²) in [4.78, 5) is 29.7. The minimum absolute atomic E-state index is 0.0268. The SMILES string of the molecule is CSCCC1NC2(CCN(C(=S)Nc3cccc(C(C)=O)c3)CC2)N(Cc2ccc3ccccc3c2)C1=O. The van der Waals surface area contributed by atoms with E-state index in [0.717, 1.165) is 49.4 Å². The monoisotopic (exact) mass is 546 g/mol. The van der Waals surface area contributed by atoms with Gasteiger partial charge in [-0.15, -0.1) is 0 Å². The third-order valence-electron chi connectivity index (χ3n) is 7.69. The first-order chi connectivity index (χ1) is 18.4. The molecular weight excluding hydrogens is 512 g/mol. The predicted molar refractivity (Wildman–Crippen MR) is 161 cm³/mol. The molecule has 2 heterocycles. The van der Waals surface area contributed by atoms with Gasteiger partial charge in [0.05, 0.1) is 11.7 Å². The highest BCUT2D eigenvalue weighted by molar-refractivity contribution is 7.98. The van der Waals surface area contributed by atoms with Crippen LogP contribution in [-0.4, -0.2) is 63.4 Å². The van der Waals surface area contributed by atoms with Crippen molar-refractivity contribution >= 4 is 57.2 Å². The summed E-state index contributed by atoms with van der Waals surface area (Å²) >= 11 is 7.51. The highest BCUT2D eigenvalue weighted by atomic mass is 32.2. The summed E-state index contributed by atoms with van der Waals surface area (Å²) in [6.45, 7) is 3.63. The number of likely N-dealkylation sites (tertiary alicyclic amines) is 1. The highest BCUT2D eigenvalue weighted by Gasteiger charge is 2.51. The second kappa shape index (κ2) is 11.4. The molecule has 3 aromatic rings. The first-order valence-electron chi connectivity index (χ1n) is 13.1. The Hall–Kier alpha value is -2.94. The van der Waals surface area contributed by atoms with E-state index in [0.29, 0.717) is 17.2 Å². The second-order valence-electron chi connectivity index (χ2n) is 10.2. The number of nitrogens with zero attached hydrogens (tertiary/aromatic N) is 2. The fourth-order valence-electron chi connectivity index (χ4n) is 5.56. The van der Waals surface area contributed by atoms with Crippen LogP contribution in [-0.2, 0) is 11.3 Å². The normalized spacial score (nSPS) is 18.8. The molecule has 0 aromatic heterocycles. The average molecular weight is 547 g/mol. The van der Waals surface area contributed by atoms with Crippen molar-refractivity contribution in [3.8, 4) is 0 Å². The third-order valence-corrected chi connectivity index (χ3v) is 8.69. The summed E-state index contributed by atoms with van der Waals surface area (Å²) in [7, 11) is 0. The van der Waals surface area contributed by atoms with Crippen LogP contribution in [0.1, 0.15) is 42.1 Å². The zero-order valence-electron chi connectivity index (χ0n) is 21.9. The van der Waals surface area contributed by atoms with Gasteiger partial charge in [-0.3, -0.25) is 14.9 Å². The van der Waals surface area contributed by atoms with Gasteiger partial charge in [0, 0.05) is 43.7 Å². The minimum atomic E-state index is -0.382. The quantitative estimate of drug-likeness (QED) is 0.309. The lowest BCUT2D eigenvalue weighted by Gasteiger charge is -2.45. The third kappa shape index (κ3) is 5.58. The van der Waals surface area contributed by atoms with Gasteiger partial charge in [0.1, 0.15) is 0 Å². The van der Waals surface area contributed by atoms with E-state index in [9.17, 15) is 9.59 Å². The van der Waals surface area contributed by atoms with Gasteiger partial charge < -0.3 is 15.1 Å². The summed E-state index contributed by atoms with van der Waals surface area (Å²) in [6.07, 6.45) is 4.49. The molecule has 1 spiro atoms. The van der Waals surface area contributed by atoms with E-state index in [4.69, 9.17) is 12.2 Å². The Kier molecular flexibility index (Phi) is 8.02. The van der Waals surface area contributed by atoms with Gasteiger partial charge in [0.25, 0.3) is 0 Å². The number of carbonyl (C=O) groups is 2.